The van der Waals surface area contributed by atoms with E-state index in [1.807, 2.05) is 0 Å². The molecule has 60 valence electrons. The second kappa shape index (κ2) is 2.67. The maximum Gasteiger partial charge on any atom is 0.261 e. The predicted molar refractivity (Wildman–Crippen MR) is 47.9 cm³/mol. The van der Waals surface area contributed by atoms with E-state index in [1.165, 1.54) is 6.33 Å². The van der Waals surface area contributed by atoms with Gasteiger partial charge in [0.25, 0.3) is 5.56 Å². The highest BCUT2D eigenvalue weighted by atomic mass is 79.9. The molecule has 0 radical (unpaired) electrons. The number of pyridine rings is 1. The fourth-order valence-electron chi connectivity index (χ4n) is 0.960. The number of fused-ring (bicyclic) bond motifs is 1. The van der Waals surface area contributed by atoms with E-state index in [2.05, 4.69) is 30.9 Å². The molecule has 0 saturated carbocycles. The first-order valence-corrected chi connectivity index (χ1v) is 4.06. The number of nitrogens with zero attached hydrogens (tertiary/aromatic N) is 2. The van der Waals surface area contributed by atoms with E-state index >= 15 is 0 Å². The summed E-state index contributed by atoms with van der Waals surface area (Å²) in [4.78, 5) is 21.6. The molecule has 12 heavy (non-hydrogen) atoms. The van der Waals surface area contributed by atoms with Crippen LogP contribution in [0.1, 0.15) is 0 Å². The zero-order chi connectivity index (χ0) is 8.55. The highest BCUT2D eigenvalue weighted by molar-refractivity contribution is 9.10. The van der Waals surface area contributed by atoms with Crippen LogP contribution in [0.25, 0.3) is 11.0 Å². The van der Waals surface area contributed by atoms with Crippen LogP contribution < -0.4 is 5.56 Å². The van der Waals surface area contributed by atoms with Gasteiger partial charge in [0.05, 0.1) is 11.7 Å². The number of aromatic amines is 1. The molecule has 0 aromatic carbocycles. The minimum absolute atomic E-state index is 0.181. The summed E-state index contributed by atoms with van der Waals surface area (Å²) in [6.45, 7) is 0. The lowest BCUT2D eigenvalue weighted by atomic mass is 10.3. The largest absolute Gasteiger partial charge is 0.312 e. The predicted octanol–water partition coefficient (Wildman–Crippen LogP) is 1.08. The maximum atomic E-state index is 11.2. The summed E-state index contributed by atoms with van der Waals surface area (Å²) in [7, 11) is 0. The summed E-state index contributed by atoms with van der Waals surface area (Å²) >= 11 is 3.25. The number of halogens is 1. The van der Waals surface area contributed by atoms with E-state index in [9.17, 15) is 4.79 Å². The number of aromatic nitrogens is 3. The molecule has 0 aliphatic carbocycles. The van der Waals surface area contributed by atoms with E-state index in [4.69, 9.17) is 0 Å². The Morgan fingerprint density at radius 2 is 2.25 bits per heavy atom. The van der Waals surface area contributed by atoms with Crippen LogP contribution in [-0.2, 0) is 0 Å². The van der Waals surface area contributed by atoms with Crippen LogP contribution in [0.2, 0.25) is 0 Å². The SMILES string of the molecule is O=c1[nH]cnc2nccc(Br)c12. The van der Waals surface area contributed by atoms with Gasteiger partial charge in [0, 0.05) is 10.7 Å². The van der Waals surface area contributed by atoms with E-state index in [-0.39, 0.29) is 5.56 Å². The van der Waals surface area contributed by atoms with Crippen molar-refractivity contribution < 1.29 is 0 Å². The number of hydrogen-bond acceptors (Lipinski definition) is 3. The van der Waals surface area contributed by atoms with Crippen molar-refractivity contribution >= 4 is 27.0 Å². The van der Waals surface area contributed by atoms with Gasteiger partial charge in [-0.05, 0) is 22.0 Å². The van der Waals surface area contributed by atoms with Gasteiger partial charge in [0.15, 0.2) is 5.65 Å². The molecule has 2 aromatic rings. The van der Waals surface area contributed by atoms with E-state index in [0.717, 1.165) is 0 Å². The molecule has 2 rings (SSSR count). The van der Waals surface area contributed by atoms with Crippen LogP contribution in [0, 0.1) is 0 Å². The zero-order valence-electron chi connectivity index (χ0n) is 5.91. The first-order chi connectivity index (χ1) is 5.79. The Bertz CT molecular complexity index is 474. The summed E-state index contributed by atoms with van der Waals surface area (Å²) in [5.74, 6) is 0. The van der Waals surface area contributed by atoms with Crippen LogP contribution in [0.4, 0.5) is 0 Å². The van der Waals surface area contributed by atoms with Crippen molar-refractivity contribution in [2.24, 2.45) is 0 Å². The van der Waals surface area contributed by atoms with Crippen molar-refractivity contribution in [1.29, 1.82) is 0 Å². The first-order valence-electron chi connectivity index (χ1n) is 3.27. The molecule has 0 atom stereocenters. The Morgan fingerprint density at radius 1 is 1.42 bits per heavy atom. The average Bonchev–Trinajstić information content (AvgIpc) is 2.04. The molecule has 2 heterocycles. The van der Waals surface area contributed by atoms with Crippen LogP contribution in [-0.4, -0.2) is 15.0 Å². The third kappa shape index (κ3) is 1.02. The maximum absolute atomic E-state index is 11.2. The molecule has 0 spiro atoms. The van der Waals surface area contributed by atoms with Crippen molar-refractivity contribution in [3.63, 3.8) is 0 Å². The fourth-order valence-corrected chi connectivity index (χ4v) is 1.44. The first kappa shape index (κ1) is 7.42. The van der Waals surface area contributed by atoms with Gasteiger partial charge in [-0.25, -0.2) is 9.97 Å². The van der Waals surface area contributed by atoms with Crippen LogP contribution in [0.15, 0.2) is 27.9 Å². The molecule has 0 unspecified atom stereocenters. The molecule has 2 aromatic heterocycles. The number of H-pyrrole nitrogens is 1. The van der Waals surface area contributed by atoms with Gasteiger partial charge in [-0.3, -0.25) is 4.79 Å². The summed E-state index contributed by atoms with van der Waals surface area (Å²) in [5, 5.41) is 0.486. The van der Waals surface area contributed by atoms with Gasteiger partial charge in [0.2, 0.25) is 0 Å². The normalized spacial score (nSPS) is 10.4. The molecule has 0 aliphatic heterocycles. The fraction of sp³-hybridized carbons (Fsp3) is 0. The van der Waals surface area contributed by atoms with Crippen molar-refractivity contribution in [1.82, 2.24) is 15.0 Å². The third-order valence-electron chi connectivity index (χ3n) is 1.49. The molecule has 0 bridgehead atoms. The van der Waals surface area contributed by atoms with Gasteiger partial charge in [-0.2, -0.15) is 0 Å². The molecule has 0 fully saturated rings. The lowest BCUT2D eigenvalue weighted by molar-refractivity contribution is 1.14. The van der Waals surface area contributed by atoms with Crippen molar-refractivity contribution in [3.8, 4) is 0 Å². The number of nitrogens with one attached hydrogen (secondary N) is 1. The standard InChI is InChI=1S/C7H4BrN3O/c8-4-1-2-9-6-5(4)7(12)11-3-10-6/h1-3H,(H,9,10,11,12). The molecule has 1 N–H and O–H groups in total. The minimum atomic E-state index is -0.181. The Kier molecular flexibility index (Phi) is 1.65. The number of rotatable bonds is 0. The van der Waals surface area contributed by atoms with Crippen molar-refractivity contribution in [3.05, 3.63) is 33.4 Å². The Balaban J connectivity index is 3.07. The lowest BCUT2D eigenvalue weighted by Crippen LogP contribution is -2.07. The smallest absolute Gasteiger partial charge is 0.261 e. The molecule has 0 saturated heterocycles. The Morgan fingerprint density at radius 3 is 3.00 bits per heavy atom. The second-order valence-corrected chi connectivity index (χ2v) is 3.08. The molecule has 0 amide bonds. The number of hydrogen-bond donors (Lipinski definition) is 1. The quantitative estimate of drug-likeness (QED) is 0.731. The van der Waals surface area contributed by atoms with E-state index < -0.39 is 0 Å². The summed E-state index contributed by atoms with van der Waals surface area (Å²) < 4.78 is 0.710. The van der Waals surface area contributed by atoms with Crippen LogP contribution in [0.3, 0.4) is 0 Å². The van der Waals surface area contributed by atoms with Crippen LogP contribution in [0.5, 0.6) is 0 Å². The van der Waals surface area contributed by atoms with Gasteiger partial charge >= 0.3 is 0 Å². The highest BCUT2D eigenvalue weighted by Crippen LogP contribution is 2.15. The molecule has 0 aliphatic rings. The summed E-state index contributed by atoms with van der Waals surface area (Å²) in [5.41, 5.74) is 0.271. The molecular formula is C7H4BrN3O. The lowest BCUT2D eigenvalue weighted by Gasteiger charge is -1.94. The second-order valence-electron chi connectivity index (χ2n) is 2.22. The molecule has 4 nitrogen and oxygen atoms in total. The molecule has 5 heteroatoms. The molecular weight excluding hydrogens is 222 g/mol. The van der Waals surface area contributed by atoms with Crippen molar-refractivity contribution in [2.75, 3.05) is 0 Å². The summed E-state index contributed by atoms with van der Waals surface area (Å²) in [6.07, 6.45) is 2.93. The Labute approximate surface area is 75.8 Å². The van der Waals surface area contributed by atoms with Gasteiger partial charge in [0.1, 0.15) is 0 Å². The topological polar surface area (TPSA) is 58.6 Å². The van der Waals surface area contributed by atoms with Crippen molar-refractivity contribution in [2.45, 2.75) is 0 Å². The monoisotopic (exact) mass is 225 g/mol. The van der Waals surface area contributed by atoms with E-state index in [1.54, 1.807) is 12.3 Å². The zero-order valence-corrected chi connectivity index (χ0v) is 7.50. The average molecular weight is 226 g/mol. The van der Waals surface area contributed by atoms with Gasteiger partial charge in [-0.15, -0.1) is 0 Å². The summed E-state index contributed by atoms with van der Waals surface area (Å²) in [6, 6.07) is 1.71. The third-order valence-corrected chi connectivity index (χ3v) is 2.15. The minimum Gasteiger partial charge on any atom is -0.312 e. The van der Waals surface area contributed by atoms with Gasteiger partial charge < -0.3 is 4.98 Å². The van der Waals surface area contributed by atoms with Crippen LogP contribution >= 0.6 is 15.9 Å². The van der Waals surface area contributed by atoms with E-state index in [0.29, 0.717) is 15.5 Å². The highest BCUT2D eigenvalue weighted by Gasteiger charge is 2.02. The Hall–Kier alpha value is -1.23. The van der Waals surface area contributed by atoms with Gasteiger partial charge in [-0.1, -0.05) is 0 Å².